The van der Waals surface area contributed by atoms with Gasteiger partial charge in [-0.2, -0.15) is 0 Å². The number of hydrogen-bond acceptors (Lipinski definition) is 3. The number of aliphatic imine (C=N–C) groups is 1. The molecule has 0 atom stereocenters. The first-order chi connectivity index (χ1) is 15.3. The SMILES string of the molecule is CC1(C)CCC1.CCC(=O)CC(C)(C)C1CC1.CCC(C)=Nc1cc(F)cc(CCN)c1C. The molecule has 2 N–H and O–H groups in total. The van der Waals surface area contributed by atoms with Crippen LogP contribution in [-0.4, -0.2) is 18.0 Å². The van der Waals surface area contributed by atoms with Crippen molar-refractivity contribution in [1.29, 1.82) is 0 Å². The third-order valence-corrected chi connectivity index (χ3v) is 7.13. The number of carbonyl (C=O) groups is 1. The predicted molar refractivity (Wildman–Crippen MR) is 141 cm³/mol. The Morgan fingerprint density at radius 2 is 1.76 bits per heavy atom. The molecule has 0 spiro atoms. The fourth-order valence-corrected chi connectivity index (χ4v) is 4.06. The van der Waals surface area contributed by atoms with E-state index in [1.807, 2.05) is 27.7 Å². The van der Waals surface area contributed by atoms with Gasteiger partial charge in [-0.05, 0) is 98.9 Å². The van der Waals surface area contributed by atoms with Crippen LogP contribution < -0.4 is 5.73 Å². The summed E-state index contributed by atoms with van der Waals surface area (Å²) in [6, 6.07) is 3.02. The minimum Gasteiger partial charge on any atom is -0.330 e. The number of nitrogens with two attached hydrogens (primary N) is 1. The van der Waals surface area contributed by atoms with Gasteiger partial charge in [-0.25, -0.2) is 4.39 Å². The number of rotatable bonds is 8. The normalized spacial score (nSPS) is 17.2. The Bertz CT molecular complexity index is 785. The summed E-state index contributed by atoms with van der Waals surface area (Å²) < 4.78 is 13.4. The number of ketones is 1. The molecule has 188 valence electrons. The van der Waals surface area contributed by atoms with Gasteiger partial charge in [-0.15, -0.1) is 0 Å². The van der Waals surface area contributed by atoms with Crippen LogP contribution in [0.25, 0.3) is 0 Å². The maximum absolute atomic E-state index is 13.4. The van der Waals surface area contributed by atoms with E-state index in [1.165, 1.54) is 38.2 Å². The zero-order chi connectivity index (χ0) is 25.2. The second-order valence-electron chi connectivity index (χ2n) is 11.3. The van der Waals surface area contributed by atoms with E-state index >= 15 is 0 Å². The van der Waals surface area contributed by atoms with E-state index in [9.17, 15) is 9.18 Å². The Kier molecular flexibility index (Phi) is 11.9. The van der Waals surface area contributed by atoms with Crippen molar-refractivity contribution in [1.82, 2.24) is 0 Å². The molecule has 4 heteroatoms. The van der Waals surface area contributed by atoms with Gasteiger partial charge in [-0.1, -0.05) is 48.0 Å². The number of halogens is 1. The number of hydrogen-bond donors (Lipinski definition) is 1. The first kappa shape index (κ1) is 29.5. The highest BCUT2D eigenvalue weighted by Crippen LogP contribution is 2.47. The lowest BCUT2D eigenvalue weighted by atomic mass is 9.72. The van der Waals surface area contributed by atoms with Gasteiger partial charge < -0.3 is 5.73 Å². The van der Waals surface area contributed by atoms with Crippen LogP contribution in [0.15, 0.2) is 17.1 Å². The smallest absolute Gasteiger partial charge is 0.133 e. The number of Topliss-reactive ketones (excluding diaryl/α,β-unsaturated/α-hetero) is 1. The number of nitrogens with zero attached hydrogens (tertiary/aromatic N) is 1. The van der Waals surface area contributed by atoms with E-state index in [1.54, 1.807) is 6.07 Å². The molecule has 0 saturated heterocycles. The van der Waals surface area contributed by atoms with Crippen molar-refractivity contribution in [3.05, 3.63) is 29.1 Å². The van der Waals surface area contributed by atoms with Crippen LogP contribution in [0.1, 0.15) is 111 Å². The van der Waals surface area contributed by atoms with Crippen molar-refractivity contribution in [3.63, 3.8) is 0 Å². The molecule has 2 aliphatic rings. The Hall–Kier alpha value is -1.55. The molecular weight excluding hydrogens is 411 g/mol. The molecule has 1 aromatic carbocycles. The highest BCUT2D eigenvalue weighted by Gasteiger charge is 2.38. The minimum atomic E-state index is -0.239. The average Bonchev–Trinajstić information content (AvgIpc) is 3.57. The molecule has 0 unspecified atom stereocenters. The van der Waals surface area contributed by atoms with Gasteiger partial charge in [0.15, 0.2) is 0 Å². The molecule has 0 aliphatic heterocycles. The van der Waals surface area contributed by atoms with E-state index < -0.39 is 0 Å². The molecule has 3 nitrogen and oxygen atoms in total. The third kappa shape index (κ3) is 10.9. The second kappa shape index (κ2) is 13.4. The van der Waals surface area contributed by atoms with E-state index in [4.69, 9.17) is 5.73 Å². The topological polar surface area (TPSA) is 55.5 Å². The fraction of sp³-hybridized carbons (Fsp3) is 0.724. The van der Waals surface area contributed by atoms with Gasteiger partial charge in [0, 0.05) is 18.6 Å². The van der Waals surface area contributed by atoms with Crippen LogP contribution >= 0.6 is 0 Å². The average molecular weight is 461 g/mol. The molecule has 33 heavy (non-hydrogen) atoms. The summed E-state index contributed by atoms with van der Waals surface area (Å²) in [5, 5.41) is 0. The summed E-state index contributed by atoms with van der Waals surface area (Å²) in [5.41, 5.74) is 10.2. The fourth-order valence-electron chi connectivity index (χ4n) is 4.06. The highest BCUT2D eigenvalue weighted by molar-refractivity contribution is 5.84. The van der Waals surface area contributed by atoms with E-state index in [0.29, 0.717) is 25.2 Å². The quantitative estimate of drug-likeness (QED) is 0.398. The molecule has 0 aromatic heterocycles. The zero-order valence-electron chi connectivity index (χ0n) is 22.6. The van der Waals surface area contributed by atoms with Gasteiger partial charge in [0.25, 0.3) is 0 Å². The monoisotopic (exact) mass is 460 g/mol. The highest BCUT2D eigenvalue weighted by atomic mass is 19.1. The van der Waals surface area contributed by atoms with E-state index in [2.05, 4.69) is 32.7 Å². The van der Waals surface area contributed by atoms with Crippen molar-refractivity contribution in [2.75, 3.05) is 6.54 Å². The van der Waals surface area contributed by atoms with Gasteiger partial charge >= 0.3 is 0 Å². The van der Waals surface area contributed by atoms with Crippen LogP contribution in [0.3, 0.4) is 0 Å². The van der Waals surface area contributed by atoms with Gasteiger partial charge in [0.1, 0.15) is 11.6 Å². The number of carbonyl (C=O) groups excluding carboxylic acids is 1. The minimum absolute atomic E-state index is 0.239. The molecule has 0 radical (unpaired) electrons. The maximum atomic E-state index is 13.4. The summed E-state index contributed by atoms with van der Waals surface area (Å²) in [6.07, 6.45) is 10.1. The van der Waals surface area contributed by atoms with Crippen LogP contribution in [0, 0.1) is 29.5 Å². The Morgan fingerprint density at radius 1 is 1.18 bits per heavy atom. The van der Waals surface area contributed by atoms with Crippen molar-refractivity contribution in [3.8, 4) is 0 Å². The Balaban J connectivity index is 0.000000274. The zero-order valence-corrected chi connectivity index (χ0v) is 22.6. The number of benzene rings is 1. The lowest BCUT2D eigenvalue weighted by Crippen LogP contribution is -2.20. The Labute approximate surface area is 202 Å². The molecule has 2 saturated carbocycles. The van der Waals surface area contributed by atoms with E-state index in [0.717, 1.165) is 46.7 Å². The summed E-state index contributed by atoms with van der Waals surface area (Å²) in [5.74, 6) is 1.01. The summed E-state index contributed by atoms with van der Waals surface area (Å²) in [6.45, 7) is 17.5. The van der Waals surface area contributed by atoms with Gasteiger partial charge in [0.2, 0.25) is 0 Å². The standard InChI is InChI=1S/C13H19FN2.C10H18O.C6H12/c1-4-9(2)16-13-8-12(14)7-11(5-6-15)10(13)3;1-4-9(11)7-10(2,3)8-5-6-8;1-6(2)4-3-5-6/h7-8H,4-6,15H2,1-3H3;8H,4-7H2,1-3H3;3-5H2,1-2H3. The molecule has 0 amide bonds. The van der Waals surface area contributed by atoms with Gasteiger partial charge in [-0.3, -0.25) is 9.79 Å². The van der Waals surface area contributed by atoms with Crippen molar-refractivity contribution < 1.29 is 9.18 Å². The van der Waals surface area contributed by atoms with Crippen molar-refractivity contribution >= 4 is 17.2 Å². The Morgan fingerprint density at radius 3 is 2.15 bits per heavy atom. The van der Waals surface area contributed by atoms with Crippen LogP contribution in [0.2, 0.25) is 0 Å². The van der Waals surface area contributed by atoms with Gasteiger partial charge in [0.05, 0.1) is 5.69 Å². The maximum Gasteiger partial charge on any atom is 0.133 e. The molecular formula is C29H49FN2O. The molecule has 1 aromatic rings. The third-order valence-electron chi connectivity index (χ3n) is 7.13. The summed E-state index contributed by atoms with van der Waals surface area (Å²) in [4.78, 5) is 15.6. The lowest BCUT2D eigenvalue weighted by Gasteiger charge is -2.33. The van der Waals surface area contributed by atoms with Crippen LogP contribution in [-0.2, 0) is 11.2 Å². The molecule has 0 bridgehead atoms. The van der Waals surface area contributed by atoms with Crippen molar-refractivity contribution in [2.45, 2.75) is 113 Å². The molecule has 0 heterocycles. The largest absolute Gasteiger partial charge is 0.330 e. The van der Waals surface area contributed by atoms with Crippen LogP contribution in [0.4, 0.5) is 10.1 Å². The second-order valence-corrected chi connectivity index (χ2v) is 11.3. The van der Waals surface area contributed by atoms with E-state index in [-0.39, 0.29) is 11.2 Å². The molecule has 2 aliphatic carbocycles. The van der Waals surface area contributed by atoms with Crippen LogP contribution in [0.5, 0.6) is 0 Å². The predicted octanol–water partition coefficient (Wildman–Crippen LogP) is 8.13. The van der Waals surface area contributed by atoms with Crippen molar-refractivity contribution in [2.24, 2.45) is 27.5 Å². The summed E-state index contributed by atoms with van der Waals surface area (Å²) >= 11 is 0. The molecule has 3 rings (SSSR count). The molecule has 2 fully saturated rings. The lowest BCUT2D eigenvalue weighted by molar-refractivity contribution is -0.120. The summed E-state index contributed by atoms with van der Waals surface area (Å²) in [7, 11) is 0. The first-order valence-electron chi connectivity index (χ1n) is 12.9. The first-order valence-corrected chi connectivity index (χ1v) is 12.9.